The van der Waals surface area contributed by atoms with Crippen molar-refractivity contribution in [2.24, 2.45) is 0 Å². The quantitative estimate of drug-likeness (QED) is 0.0494. The fraction of sp³-hybridized carbons (Fsp3) is 0.667. The summed E-state index contributed by atoms with van der Waals surface area (Å²) in [7, 11) is 0. The SMILES string of the molecule is C#Cc1cc(OCCCCCCCCCC)c(C#CC#Cc2cc(OCCCCCCCCCC)c(C#C)cc2OCCCCCCCCCC)cc1OCCCCCCCCCC. The molecule has 0 fully saturated rings. The van der Waals surface area contributed by atoms with Gasteiger partial charge in [0.2, 0.25) is 0 Å². The van der Waals surface area contributed by atoms with Gasteiger partial charge in [0.25, 0.3) is 0 Å². The molecule has 0 spiro atoms. The van der Waals surface area contributed by atoms with E-state index in [4.69, 9.17) is 31.8 Å². The molecule has 0 saturated heterocycles. The van der Waals surface area contributed by atoms with Crippen LogP contribution in [0.4, 0.5) is 0 Å². The molecule has 354 valence electrons. The van der Waals surface area contributed by atoms with Gasteiger partial charge in [-0.1, -0.05) is 219 Å². The van der Waals surface area contributed by atoms with Crippen LogP contribution in [-0.2, 0) is 0 Å². The minimum atomic E-state index is 0.612. The highest BCUT2D eigenvalue weighted by Crippen LogP contribution is 2.31. The Morgan fingerprint density at radius 2 is 0.500 bits per heavy atom. The molecule has 2 aromatic rings. The molecule has 2 aromatic carbocycles. The predicted octanol–water partition coefficient (Wildman–Crippen LogP) is 17.1. The van der Waals surface area contributed by atoms with E-state index in [2.05, 4.69) is 63.2 Å². The fourth-order valence-electron chi connectivity index (χ4n) is 7.89. The molecule has 0 aliphatic rings. The smallest absolute Gasteiger partial charge is 0.136 e. The minimum absolute atomic E-state index is 0.612. The van der Waals surface area contributed by atoms with E-state index in [0.717, 1.165) is 62.5 Å². The first kappa shape index (κ1) is 56.0. The van der Waals surface area contributed by atoms with Crippen molar-refractivity contribution >= 4 is 0 Å². The molecule has 0 saturated carbocycles. The normalized spacial score (nSPS) is 10.6. The molecule has 4 heteroatoms. The number of hydrogen-bond acceptors (Lipinski definition) is 4. The van der Waals surface area contributed by atoms with Crippen molar-refractivity contribution in [1.82, 2.24) is 0 Å². The van der Waals surface area contributed by atoms with E-state index in [1.54, 1.807) is 0 Å². The summed E-state index contributed by atoms with van der Waals surface area (Å²) in [4.78, 5) is 0. The average molecular weight is 875 g/mol. The van der Waals surface area contributed by atoms with E-state index in [-0.39, 0.29) is 0 Å². The molecule has 0 radical (unpaired) electrons. The molecule has 2 rings (SSSR count). The minimum Gasteiger partial charge on any atom is -0.492 e. The second kappa shape index (κ2) is 40.4. The molecule has 0 heterocycles. The third-order valence-corrected chi connectivity index (χ3v) is 12.0. The molecular weight excluding hydrogens is 785 g/mol. The lowest BCUT2D eigenvalue weighted by atomic mass is 10.1. The zero-order chi connectivity index (χ0) is 46.0. The lowest BCUT2D eigenvalue weighted by molar-refractivity contribution is 0.295. The molecule has 0 aromatic heterocycles. The highest BCUT2D eigenvalue weighted by atomic mass is 16.5. The first-order valence-electron chi connectivity index (χ1n) is 26.4. The Labute approximate surface area is 394 Å². The van der Waals surface area contributed by atoms with Gasteiger partial charge in [-0.3, -0.25) is 0 Å². The van der Waals surface area contributed by atoms with Gasteiger partial charge in [-0.2, -0.15) is 0 Å². The van der Waals surface area contributed by atoms with Crippen LogP contribution in [0.25, 0.3) is 0 Å². The summed E-state index contributed by atoms with van der Waals surface area (Å²) >= 11 is 0. The summed E-state index contributed by atoms with van der Waals surface area (Å²) in [6.45, 7) is 11.5. The van der Waals surface area contributed by atoms with Crippen LogP contribution in [0.15, 0.2) is 24.3 Å². The van der Waals surface area contributed by atoms with Gasteiger partial charge in [-0.25, -0.2) is 0 Å². The van der Waals surface area contributed by atoms with Crippen molar-refractivity contribution in [2.75, 3.05) is 26.4 Å². The maximum atomic E-state index is 6.38. The molecular formula is C60H90O4. The monoisotopic (exact) mass is 875 g/mol. The zero-order valence-corrected chi connectivity index (χ0v) is 41.6. The summed E-state index contributed by atoms with van der Waals surface area (Å²) in [6, 6.07) is 7.71. The topological polar surface area (TPSA) is 36.9 Å². The van der Waals surface area contributed by atoms with Crippen LogP contribution in [0.3, 0.4) is 0 Å². The summed E-state index contributed by atoms with van der Waals surface area (Å²) in [5.74, 6) is 21.2. The first-order valence-corrected chi connectivity index (χ1v) is 26.4. The summed E-state index contributed by atoms with van der Waals surface area (Å²) in [5.41, 5.74) is 2.83. The number of rotatable bonds is 40. The predicted molar refractivity (Wildman–Crippen MR) is 275 cm³/mol. The maximum absolute atomic E-state index is 6.38. The van der Waals surface area contributed by atoms with Crippen LogP contribution in [0.2, 0.25) is 0 Å². The van der Waals surface area contributed by atoms with Crippen LogP contribution >= 0.6 is 0 Å². The molecule has 0 N–H and O–H groups in total. The molecule has 0 aliphatic heterocycles. The van der Waals surface area contributed by atoms with Gasteiger partial charge < -0.3 is 18.9 Å². The van der Waals surface area contributed by atoms with Gasteiger partial charge >= 0.3 is 0 Å². The van der Waals surface area contributed by atoms with Gasteiger partial charge in [0.05, 0.1) is 48.7 Å². The lowest BCUT2D eigenvalue weighted by Crippen LogP contribution is -2.03. The summed E-state index contributed by atoms with van der Waals surface area (Å²) < 4.78 is 25.4. The van der Waals surface area contributed by atoms with Crippen molar-refractivity contribution in [3.63, 3.8) is 0 Å². The Hall–Kier alpha value is -4.12. The average Bonchev–Trinajstić information content (AvgIpc) is 3.31. The van der Waals surface area contributed by atoms with E-state index in [1.807, 2.05) is 24.3 Å². The summed E-state index contributed by atoms with van der Waals surface area (Å²) in [5, 5.41) is 0. The molecule has 0 bridgehead atoms. The van der Waals surface area contributed by atoms with Gasteiger partial charge in [-0.05, 0) is 49.4 Å². The number of unbranched alkanes of at least 4 members (excludes halogenated alkanes) is 28. The van der Waals surface area contributed by atoms with Crippen LogP contribution < -0.4 is 18.9 Å². The molecule has 0 aliphatic carbocycles. The molecule has 0 amide bonds. The van der Waals surface area contributed by atoms with Gasteiger partial charge in [0.1, 0.15) is 23.0 Å². The zero-order valence-electron chi connectivity index (χ0n) is 41.6. The second-order valence-corrected chi connectivity index (χ2v) is 17.8. The van der Waals surface area contributed by atoms with Crippen molar-refractivity contribution in [2.45, 2.75) is 233 Å². The van der Waals surface area contributed by atoms with Gasteiger partial charge in [-0.15, -0.1) is 12.8 Å². The van der Waals surface area contributed by atoms with Crippen molar-refractivity contribution in [3.8, 4) is 71.4 Å². The van der Waals surface area contributed by atoms with E-state index in [9.17, 15) is 0 Å². The van der Waals surface area contributed by atoms with Crippen molar-refractivity contribution < 1.29 is 18.9 Å². The Morgan fingerprint density at radius 3 is 0.734 bits per heavy atom. The number of benzene rings is 2. The van der Waals surface area contributed by atoms with E-state index in [1.165, 1.54) is 154 Å². The maximum Gasteiger partial charge on any atom is 0.136 e. The van der Waals surface area contributed by atoms with Gasteiger partial charge in [0.15, 0.2) is 0 Å². The molecule has 0 atom stereocenters. The Kier molecular flexibility index (Phi) is 35.4. The van der Waals surface area contributed by atoms with Crippen LogP contribution in [0.1, 0.15) is 255 Å². The molecule has 64 heavy (non-hydrogen) atoms. The largest absolute Gasteiger partial charge is 0.492 e. The third kappa shape index (κ3) is 27.3. The van der Waals surface area contributed by atoms with Gasteiger partial charge in [0, 0.05) is 24.3 Å². The fourth-order valence-corrected chi connectivity index (χ4v) is 7.89. The number of hydrogen-bond donors (Lipinski definition) is 0. The number of ether oxygens (including phenoxy) is 4. The third-order valence-electron chi connectivity index (χ3n) is 12.0. The summed E-state index contributed by atoms with van der Waals surface area (Å²) in [6.07, 6.45) is 51.7. The van der Waals surface area contributed by atoms with Crippen LogP contribution in [0, 0.1) is 48.4 Å². The lowest BCUT2D eigenvalue weighted by Gasteiger charge is -2.14. The highest BCUT2D eigenvalue weighted by molar-refractivity contribution is 5.61. The first-order chi connectivity index (χ1) is 31.6. The molecule has 0 unspecified atom stereocenters. The molecule has 4 nitrogen and oxygen atoms in total. The Balaban J connectivity index is 2.28. The van der Waals surface area contributed by atoms with E-state index < -0.39 is 0 Å². The van der Waals surface area contributed by atoms with Crippen molar-refractivity contribution in [3.05, 3.63) is 46.5 Å². The van der Waals surface area contributed by atoms with E-state index in [0.29, 0.717) is 60.6 Å². The van der Waals surface area contributed by atoms with E-state index >= 15 is 0 Å². The van der Waals surface area contributed by atoms with Crippen molar-refractivity contribution in [1.29, 1.82) is 0 Å². The second-order valence-electron chi connectivity index (χ2n) is 17.8. The standard InChI is InChI=1S/C60H90O4/c1-7-13-17-21-25-29-33-39-45-61-57-51-55(59(49-53(57)11-5)63-47-41-35-31-27-23-19-15-9-3)43-37-38-44-56-52-58(62-46-40-34-30-26-22-18-14-8-2)54(12-6)50-60(56)64-48-42-36-32-28-24-20-16-10-4/h5-6,49-52H,7-10,13-36,39-42,45-48H2,1-4H3. The van der Waals surface area contributed by atoms with Crippen LogP contribution in [-0.4, -0.2) is 26.4 Å². The Bertz CT molecular complexity index is 1560. The number of terminal acetylenes is 2. The van der Waals surface area contributed by atoms with Crippen LogP contribution in [0.5, 0.6) is 23.0 Å². The Morgan fingerprint density at radius 1 is 0.297 bits per heavy atom. The highest BCUT2D eigenvalue weighted by Gasteiger charge is 2.13.